The summed E-state index contributed by atoms with van der Waals surface area (Å²) in [6, 6.07) is 7.93. The van der Waals surface area contributed by atoms with Gasteiger partial charge in [-0.15, -0.1) is 12.4 Å². The summed E-state index contributed by atoms with van der Waals surface area (Å²) in [6.07, 6.45) is 3.02. The van der Waals surface area contributed by atoms with Crippen LogP contribution in [0.15, 0.2) is 24.3 Å². The summed E-state index contributed by atoms with van der Waals surface area (Å²) < 4.78 is 5.62. The number of nitrogens with two attached hydrogens (primary N) is 1. The quantitative estimate of drug-likeness (QED) is 0.685. The van der Waals surface area contributed by atoms with Crippen LogP contribution in [0.4, 0.5) is 0 Å². The zero-order valence-electron chi connectivity index (χ0n) is 13.8. The molecule has 0 aromatic heterocycles. The van der Waals surface area contributed by atoms with E-state index in [1.54, 1.807) is 0 Å². The van der Waals surface area contributed by atoms with E-state index in [4.69, 9.17) is 10.5 Å². The van der Waals surface area contributed by atoms with E-state index >= 15 is 0 Å². The van der Waals surface area contributed by atoms with Crippen LogP contribution in [0.3, 0.4) is 0 Å². The number of ether oxygens (including phenoxy) is 1. The van der Waals surface area contributed by atoms with E-state index in [1.807, 2.05) is 38.1 Å². The minimum absolute atomic E-state index is 0. The summed E-state index contributed by atoms with van der Waals surface area (Å²) in [6.45, 7) is 7.24. The van der Waals surface area contributed by atoms with Crippen LogP contribution in [-0.2, 0) is 11.2 Å². The number of amides is 1. The van der Waals surface area contributed by atoms with Crippen molar-refractivity contribution in [1.29, 1.82) is 0 Å². The molecule has 1 aromatic rings. The topological polar surface area (TPSA) is 64.3 Å². The minimum Gasteiger partial charge on any atom is -0.494 e. The van der Waals surface area contributed by atoms with Gasteiger partial charge in [0.25, 0.3) is 0 Å². The predicted octanol–water partition coefficient (Wildman–Crippen LogP) is 2.93. The highest BCUT2D eigenvalue weighted by Crippen LogP contribution is 2.13. The lowest BCUT2D eigenvalue weighted by atomic mass is 10.0. The molecule has 3 N–H and O–H groups in total. The summed E-state index contributed by atoms with van der Waals surface area (Å²) >= 11 is 0. The molecule has 1 aromatic carbocycles. The van der Waals surface area contributed by atoms with E-state index in [9.17, 15) is 4.79 Å². The van der Waals surface area contributed by atoms with E-state index < -0.39 is 0 Å². The van der Waals surface area contributed by atoms with Crippen molar-refractivity contribution in [3.63, 3.8) is 0 Å². The number of hydrogen-bond acceptors (Lipinski definition) is 3. The van der Waals surface area contributed by atoms with Gasteiger partial charge in [-0.05, 0) is 37.5 Å². The third-order valence-corrected chi connectivity index (χ3v) is 3.61. The van der Waals surface area contributed by atoms with Gasteiger partial charge in [0.15, 0.2) is 0 Å². The van der Waals surface area contributed by atoms with Crippen molar-refractivity contribution < 1.29 is 9.53 Å². The van der Waals surface area contributed by atoms with Gasteiger partial charge in [-0.25, -0.2) is 0 Å². The molecule has 0 heterocycles. The monoisotopic (exact) mass is 328 g/mol. The zero-order valence-corrected chi connectivity index (χ0v) is 14.6. The van der Waals surface area contributed by atoms with Gasteiger partial charge in [-0.2, -0.15) is 0 Å². The van der Waals surface area contributed by atoms with Crippen molar-refractivity contribution in [2.24, 2.45) is 11.7 Å². The van der Waals surface area contributed by atoms with Crippen LogP contribution < -0.4 is 15.8 Å². The second-order valence-electron chi connectivity index (χ2n) is 5.53. The lowest BCUT2D eigenvalue weighted by Crippen LogP contribution is -2.39. The average molecular weight is 329 g/mol. The Morgan fingerprint density at radius 3 is 2.45 bits per heavy atom. The Morgan fingerprint density at radius 2 is 1.91 bits per heavy atom. The third-order valence-electron chi connectivity index (χ3n) is 3.61. The Kier molecular flexibility index (Phi) is 10.7. The normalized spacial score (nSPS) is 12.9. The summed E-state index contributed by atoms with van der Waals surface area (Å²) in [7, 11) is 0. The molecule has 0 radical (unpaired) electrons. The first-order valence-electron chi connectivity index (χ1n) is 7.79. The number of hydrogen-bond donors (Lipinski definition) is 2. The van der Waals surface area contributed by atoms with Gasteiger partial charge in [0, 0.05) is 18.5 Å². The van der Waals surface area contributed by atoms with Gasteiger partial charge >= 0.3 is 0 Å². The Labute approximate surface area is 140 Å². The molecule has 2 unspecified atom stereocenters. The van der Waals surface area contributed by atoms with Crippen molar-refractivity contribution in [2.75, 3.05) is 13.2 Å². The highest BCUT2D eigenvalue weighted by molar-refractivity contribution is 5.85. The number of nitrogens with one attached hydrogen (secondary N) is 1. The first-order valence-corrected chi connectivity index (χ1v) is 7.79. The molecular weight excluding hydrogens is 300 g/mol. The molecule has 0 fully saturated rings. The maximum Gasteiger partial charge on any atom is 0.224 e. The minimum atomic E-state index is -0.153. The maximum atomic E-state index is 11.8. The van der Waals surface area contributed by atoms with E-state index in [-0.39, 0.29) is 30.3 Å². The largest absolute Gasteiger partial charge is 0.494 e. The molecule has 5 heteroatoms. The Bertz CT molecular complexity index is 421. The SMILES string of the molecule is CCCCOc1ccc(CCNC(=O)C(C)C(C)N)cc1.Cl. The zero-order chi connectivity index (χ0) is 15.7. The molecule has 0 saturated heterocycles. The van der Waals surface area contributed by atoms with Crippen LogP contribution in [-0.4, -0.2) is 25.1 Å². The highest BCUT2D eigenvalue weighted by atomic mass is 35.5. The van der Waals surface area contributed by atoms with Crippen LogP contribution in [0.2, 0.25) is 0 Å². The molecule has 0 aliphatic heterocycles. The molecule has 126 valence electrons. The molecule has 4 nitrogen and oxygen atoms in total. The Morgan fingerprint density at radius 1 is 1.27 bits per heavy atom. The first-order chi connectivity index (χ1) is 10.0. The highest BCUT2D eigenvalue weighted by Gasteiger charge is 2.15. The molecule has 0 spiro atoms. The lowest BCUT2D eigenvalue weighted by molar-refractivity contribution is -0.124. The fourth-order valence-corrected chi connectivity index (χ4v) is 1.82. The molecule has 2 atom stereocenters. The summed E-state index contributed by atoms with van der Waals surface area (Å²) in [5.41, 5.74) is 6.90. The predicted molar refractivity (Wildman–Crippen MR) is 93.6 cm³/mol. The van der Waals surface area contributed by atoms with Crippen molar-refractivity contribution in [3.8, 4) is 5.75 Å². The van der Waals surface area contributed by atoms with Crippen LogP contribution in [0.25, 0.3) is 0 Å². The maximum absolute atomic E-state index is 11.8. The van der Waals surface area contributed by atoms with Gasteiger partial charge in [-0.3, -0.25) is 4.79 Å². The molecular formula is C17H29ClN2O2. The van der Waals surface area contributed by atoms with Crippen LogP contribution >= 0.6 is 12.4 Å². The van der Waals surface area contributed by atoms with Gasteiger partial charge in [-0.1, -0.05) is 32.4 Å². The Balaban J connectivity index is 0.00000441. The molecule has 22 heavy (non-hydrogen) atoms. The summed E-state index contributed by atoms with van der Waals surface area (Å²) in [4.78, 5) is 11.8. The number of carbonyl (C=O) groups excluding carboxylic acids is 1. The fraction of sp³-hybridized carbons (Fsp3) is 0.588. The number of rotatable bonds is 9. The average Bonchev–Trinajstić information content (AvgIpc) is 2.48. The standard InChI is InChI=1S/C17H28N2O2.ClH/c1-4-5-12-21-16-8-6-15(7-9-16)10-11-19-17(20)13(2)14(3)18;/h6-9,13-14H,4-5,10-12,18H2,1-3H3,(H,19,20);1H. The van der Waals surface area contributed by atoms with Crippen molar-refractivity contribution >= 4 is 18.3 Å². The van der Waals surface area contributed by atoms with Crippen molar-refractivity contribution in [3.05, 3.63) is 29.8 Å². The van der Waals surface area contributed by atoms with Crippen LogP contribution in [0.1, 0.15) is 39.2 Å². The number of carbonyl (C=O) groups is 1. The van der Waals surface area contributed by atoms with Gasteiger partial charge in [0.1, 0.15) is 5.75 Å². The number of halogens is 1. The third kappa shape index (κ3) is 7.66. The lowest BCUT2D eigenvalue weighted by Gasteiger charge is -2.15. The van der Waals surface area contributed by atoms with Gasteiger partial charge in [0.2, 0.25) is 5.91 Å². The first kappa shape index (κ1) is 20.7. The number of unbranched alkanes of at least 4 members (excludes halogenated alkanes) is 1. The molecule has 0 aliphatic rings. The second kappa shape index (κ2) is 11.3. The Hall–Kier alpha value is -1.26. The second-order valence-corrected chi connectivity index (χ2v) is 5.53. The molecule has 1 rings (SSSR count). The van der Waals surface area contributed by atoms with E-state index in [2.05, 4.69) is 12.2 Å². The fourth-order valence-electron chi connectivity index (χ4n) is 1.82. The van der Waals surface area contributed by atoms with E-state index in [1.165, 1.54) is 5.56 Å². The van der Waals surface area contributed by atoms with Gasteiger partial charge in [0.05, 0.1) is 6.61 Å². The van der Waals surface area contributed by atoms with Gasteiger partial charge < -0.3 is 15.8 Å². The molecule has 1 amide bonds. The molecule has 0 saturated carbocycles. The van der Waals surface area contributed by atoms with Crippen molar-refractivity contribution in [2.45, 2.75) is 46.1 Å². The van der Waals surface area contributed by atoms with Crippen LogP contribution in [0.5, 0.6) is 5.75 Å². The number of benzene rings is 1. The van der Waals surface area contributed by atoms with E-state index in [0.717, 1.165) is 31.6 Å². The molecule has 0 aliphatic carbocycles. The molecule has 0 bridgehead atoms. The summed E-state index contributed by atoms with van der Waals surface area (Å²) in [5.74, 6) is 0.769. The smallest absolute Gasteiger partial charge is 0.224 e. The van der Waals surface area contributed by atoms with Crippen LogP contribution in [0, 0.1) is 5.92 Å². The van der Waals surface area contributed by atoms with E-state index in [0.29, 0.717) is 6.54 Å². The summed E-state index contributed by atoms with van der Waals surface area (Å²) in [5, 5.41) is 2.92. The van der Waals surface area contributed by atoms with Crippen molar-refractivity contribution in [1.82, 2.24) is 5.32 Å².